The number of rotatable bonds is 4. The Bertz CT molecular complexity index is 381. The van der Waals surface area contributed by atoms with E-state index >= 15 is 0 Å². The summed E-state index contributed by atoms with van der Waals surface area (Å²) in [6.45, 7) is 3.40. The molecule has 0 spiro atoms. The van der Waals surface area contributed by atoms with Gasteiger partial charge < -0.3 is 9.84 Å². The molecule has 0 saturated carbocycles. The number of hydrogen-bond acceptors (Lipinski definition) is 4. The van der Waals surface area contributed by atoms with Gasteiger partial charge in [0.05, 0.1) is 6.10 Å². The Labute approximate surface area is 108 Å². The highest BCUT2D eigenvalue weighted by molar-refractivity contribution is 7.87. The zero-order valence-corrected chi connectivity index (χ0v) is 11.6. The number of aliphatic hydroxyl groups is 1. The first-order chi connectivity index (χ1) is 8.44. The van der Waals surface area contributed by atoms with Gasteiger partial charge in [0.1, 0.15) is 5.60 Å². The third-order valence-electron chi connectivity index (χ3n) is 3.88. The summed E-state index contributed by atoms with van der Waals surface area (Å²) in [5.41, 5.74) is -1.08. The Morgan fingerprint density at radius 2 is 2.06 bits per heavy atom. The van der Waals surface area contributed by atoms with Crippen LogP contribution < -0.4 is 4.72 Å². The van der Waals surface area contributed by atoms with Crippen LogP contribution in [0.5, 0.6) is 0 Å². The second-order valence-electron chi connectivity index (χ2n) is 5.15. The van der Waals surface area contributed by atoms with E-state index in [0.717, 1.165) is 19.3 Å². The number of ether oxygens (including phenoxy) is 1. The van der Waals surface area contributed by atoms with E-state index in [1.165, 1.54) is 4.31 Å². The average Bonchev–Trinajstić information content (AvgIpc) is 2.69. The summed E-state index contributed by atoms with van der Waals surface area (Å²) < 4.78 is 33.4. The van der Waals surface area contributed by atoms with Gasteiger partial charge in [0.15, 0.2) is 0 Å². The van der Waals surface area contributed by atoms with Gasteiger partial charge in [0, 0.05) is 32.7 Å². The van der Waals surface area contributed by atoms with Crippen LogP contribution in [0, 0.1) is 0 Å². The highest BCUT2D eigenvalue weighted by Gasteiger charge is 2.40. The monoisotopic (exact) mass is 278 g/mol. The van der Waals surface area contributed by atoms with Crippen LogP contribution in [0.2, 0.25) is 0 Å². The maximum Gasteiger partial charge on any atom is 0.279 e. The molecule has 0 aromatic heterocycles. The summed E-state index contributed by atoms with van der Waals surface area (Å²) in [6.07, 6.45) is 3.04. The lowest BCUT2D eigenvalue weighted by Gasteiger charge is -2.30. The molecular formula is C11H22N2O4S. The minimum atomic E-state index is -3.46. The number of hydrogen-bond donors (Lipinski definition) is 2. The number of nitrogens with zero attached hydrogens (tertiary/aromatic N) is 1. The fourth-order valence-electron chi connectivity index (χ4n) is 2.42. The van der Waals surface area contributed by atoms with Gasteiger partial charge in [0.2, 0.25) is 0 Å². The van der Waals surface area contributed by atoms with E-state index in [9.17, 15) is 13.5 Å². The second-order valence-corrected chi connectivity index (χ2v) is 6.91. The van der Waals surface area contributed by atoms with Crippen LogP contribution >= 0.6 is 0 Å². The van der Waals surface area contributed by atoms with Gasteiger partial charge >= 0.3 is 0 Å². The molecule has 0 aromatic rings. The molecule has 2 atom stereocenters. The van der Waals surface area contributed by atoms with Crippen molar-refractivity contribution in [2.45, 2.75) is 44.3 Å². The molecule has 6 nitrogen and oxygen atoms in total. The number of piperidine rings is 1. The molecule has 2 N–H and O–H groups in total. The molecule has 2 rings (SSSR count). The third kappa shape index (κ3) is 3.03. The molecule has 0 aliphatic carbocycles. The fraction of sp³-hybridized carbons (Fsp3) is 1.00. The average molecular weight is 278 g/mol. The van der Waals surface area contributed by atoms with Crippen LogP contribution in [-0.4, -0.2) is 55.8 Å². The predicted octanol–water partition coefficient (Wildman–Crippen LogP) is -0.153. The van der Waals surface area contributed by atoms with Gasteiger partial charge in [-0.3, -0.25) is 0 Å². The first kappa shape index (κ1) is 14.2. The van der Waals surface area contributed by atoms with E-state index in [1.807, 2.05) is 0 Å². The summed E-state index contributed by atoms with van der Waals surface area (Å²) in [5, 5.41) is 10.3. The Kier molecular flexibility index (Phi) is 4.28. The van der Waals surface area contributed by atoms with Crippen LogP contribution in [0.1, 0.15) is 32.6 Å². The number of nitrogens with one attached hydrogen (secondary N) is 1. The maximum atomic E-state index is 12.1. The first-order valence-electron chi connectivity index (χ1n) is 6.53. The van der Waals surface area contributed by atoms with E-state index in [2.05, 4.69) is 4.72 Å². The van der Waals surface area contributed by atoms with Gasteiger partial charge in [-0.25, -0.2) is 0 Å². The standard InChI is InChI=1S/C11H22N2O4S/c1-10-11(14,5-8-17-10)9-12-18(15,16)13-6-3-2-4-7-13/h10,12,14H,2-9H2,1H3. The molecule has 2 unspecified atom stereocenters. The van der Waals surface area contributed by atoms with Gasteiger partial charge in [-0.2, -0.15) is 17.4 Å². The van der Waals surface area contributed by atoms with E-state index in [-0.39, 0.29) is 12.6 Å². The third-order valence-corrected chi connectivity index (χ3v) is 5.43. The summed E-state index contributed by atoms with van der Waals surface area (Å²) in [7, 11) is -3.46. The van der Waals surface area contributed by atoms with Crippen LogP contribution in [-0.2, 0) is 14.9 Å². The zero-order valence-electron chi connectivity index (χ0n) is 10.8. The molecular weight excluding hydrogens is 256 g/mol. The van der Waals surface area contributed by atoms with Crippen molar-refractivity contribution in [2.75, 3.05) is 26.2 Å². The van der Waals surface area contributed by atoms with Gasteiger partial charge in [0.25, 0.3) is 10.2 Å². The molecule has 7 heteroatoms. The van der Waals surface area contributed by atoms with Crippen molar-refractivity contribution in [3.63, 3.8) is 0 Å². The quantitative estimate of drug-likeness (QED) is 0.749. The molecule has 2 saturated heterocycles. The van der Waals surface area contributed by atoms with Crippen molar-refractivity contribution in [3.8, 4) is 0 Å². The highest BCUT2D eigenvalue weighted by atomic mass is 32.2. The van der Waals surface area contributed by atoms with Gasteiger partial charge in [-0.15, -0.1) is 0 Å². The fourth-order valence-corrected chi connectivity index (χ4v) is 3.77. The molecule has 0 aromatic carbocycles. The smallest absolute Gasteiger partial charge is 0.279 e. The van der Waals surface area contributed by atoms with Crippen molar-refractivity contribution in [2.24, 2.45) is 0 Å². The lowest BCUT2D eigenvalue weighted by molar-refractivity contribution is -0.0230. The van der Waals surface area contributed by atoms with E-state index < -0.39 is 15.8 Å². The van der Waals surface area contributed by atoms with Crippen molar-refractivity contribution in [1.82, 2.24) is 9.03 Å². The van der Waals surface area contributed by atoms with Crippen molar-refractivity contribution >= 4 is 10.2 Å². The topological polar surface area (TPSA) is 78.9 Å². The first-order valence-corrected chi connectivity index (χ1v) is 7.97. The van der Waals surface area contributed by atoms with Gasteiger partial charge in [-0.05, 0) is 19.8 Å². The van der Waals surface area contributed by atoms with Crippen molar-refractivity contribution < 1.29 is 18.3 Å². The molecule has 0 amide bonds. The van der Waals surface area contributed by atoms with Crippen molar-refractivity contribution in [1.29, 1.82) is 0 Å². The SMILES string of the molecule is CC1OCCC1(O)CNS(=O)(=O)N1CCCCC1. The molecule has 106 valence electrons. The molecule has 2 aliphatic heterocycles. The molecule has 2 heterocycles. The lowest BCUT2D eigenvalue weighted by atomic mass is 9.97. The normalized spacial score (nSPS) is 34.9. The van der Waals surface area contributed by atoms with Crippen molar-refractivity contribution in [3.05, 3.63) is 0 Å². The molecule has 2 aliphatic rings. The molecule has 0 radical (unpaired) electrons. The second kappa shape index (κ2) is 5.42. The van der Waals surface area contributed by atoms with Gasteiger partial charge in [-0.1, -0.05) is 6.42 Å². The Balaban J connectivity index is 1.92. The largest absolute Gasteiger partial charge is 0.386 e. The highest BCUT2D eigenvalue weighted by Crippen LogP contribution is 2.25. The minimum absolute atomic E-state index is 0.0208. The summed E-state index contributed by atoms with van der Waals surface area (Å²) >= 11 is 0. The van der Waals surface area contributed by atoms with Crippen LogP contribution in [0.15, 0.2) is 0 Å². The summed E-state index contributed by atoms with van der Waals surface area (Å²) in [6, 6.07) is 0. The van der Waals surface area contributed by atoms with Crippen LogP contribution in [0.25, 0.3) is 0 Å². The van der Waals surface area contributed by atoms with E-state index in [0.29, 0.717) is 26.1 Å². The molecule has 18 heavy (non-hydrogen) atoms. The Morgan fingerprint density at radius 3 is 2.61 bits per heavy atom. The zero-order chi connectivity index (χ0) is 13.2. The molecule has 2 fully saturated rings. The molecule has 0 bridgehead atoms. The predicted molar refractivity (Wildman–Crippen MR) is 67.3 cm³/mol. The summed E-state index contributed by atoms with van der Waals surface area (Å²) in [5.74, 6) is 0. The minimum Gasteiger partial charge on any atom is -0.386 e. The Morgan fingerprint density at radius 1 is 1.39 bits per heavy atom. The van der Waals surface area contributed by atoms with Crippen LogP contribution in [0.3, 0.4) is 0 Å². The lowest BCUT2D eigenvalue weighted by Crippen LogP contribution is -2.51. The van der Waals surface area contributed by atoms with Crippen LogP contribution in [0.4, 0.5) is 0 Å². The van der Waals surface area contributed by atoms with E-state index in [1.54, 1.807) is 6.92 Å². The Hall–Kier alpha value is -0.210. The maximum absolute atomic E-state index is 12.1. The summed E-state index contributed by atoms with van der Waals surface area (Å²) in [4.78, 5) is 0. The van der Waals surface area contributed by atoms with E-state index in [4.69, 9.17) is 4.74 Å².